The van der Waals surface area contributed by atoms with Gasteiger partial charge in [0.25, 0.3) is 0 Å². The number of aryl methyl sites for hydroxylation is 1. The summed E-state index contributed by atoms with van der Waals surface area (Å²) in [4.78, 5) is 34.2. The number of carbonyl (C=O) groups excluding carboxylic acids is 2. The van der Waals surface area contributed by atoms with Gasteiger partial charge >= 0.3 is 0 Å². The topological polar surface area (TPSA) is 101 Å². The number of nitrogens with two attached hydrogens (primary N) is 1. The Kier molecular flexibility index (Phi) is 3.35. The van der Waals surface area contributed by atoms with Gasteiger partial charge in [0.2, 0.25) is 17.8 Å². The number of rotatable bonds is 3. The van der Waals surface area contributed by atoms with E-state index in [9.17, 15) is 9.59 Å². The molecule has 1 aromatic heterocycles. The molecule has 0 aliphatic carbocycles. The molecule has 1 unspecified atom stereocenters. The van der Waals surface area contributed by atoms with Gasteiger partial charge in [0, 0.05) is 30.8 Å². The van der Waals surface area contributed by atoms with E-state index >= 15 is 0 Å². The van der Waals surface area contributed by atoms with Crippen molar-refractivity contribution in [3.05, 3.63) is 23.9 Å². The van der Waals surface area contributed by atoms with Crippen LogP contribution in [0.25, 0.3) is 0 Å². The van der Waals surface area contributed by atoms with Crippen LogP contribution >= 0.6 is 0 Å². The Morgan fingerprint density at radius 3 is 2.86 bits per heavy atom. The second-order valence-electron chi connectivity index (χ2n) is 5.97. The van der Waals surface area contributed by atoms with Crippen LogP contribution in [-0.4, -0.2) is 34.9 Å². The molecule has 0 aromatic carbocycles. The summed E-state index contributed by atoms with van der Waals surface area (Å²) in [6, 6.07) is 0. The molecule has 2 aliphatic rings. The van der Waals surface area contributed by atoms with Gasteiger partial charge < -0.3 is 10.6 Å². The van der Waals surface area contributed by atoms with Crippen LogP contribution in [0.4, 0.5) is 11.8 Å². The van der Waals surface area contributed by atoms with Crippen LogP contribution in [0, 0.1) is 12.3 Å². The fourth-order valence-corrected chi connectivity index (χ4v) is 3.32. The number of aromatic nitrogens is 2. The van der Waals surface area contributed by atoms with Crippen molar-refractivity contribution in [1.29, 1.82) is 0 Å². The van der Waals surface area contributed by atoms with Crippen molar-refractivity contribution in [2.45, 2.75) is 26.2 Å². The van der Waals surface area contributed by atoms with Crippen LogP contribution in [0.5, 0.6) is 0 Å². The third-order valence-electron chi connectivity index (χ3n) is 4.44. The largest absolute Gasteiger partial charge is 0.368 e. The lowest BCUT2D eigenvalue weighted by molar-refractivity contribution is -0.127. The highest BCUT2D eigenvalue weighted by Crippen LogP contribution is 2.40. The molecule has 2 saturated heterocycles. The number of imide groups is 1. The number of anilines is 2. The Labute approximate surface area is 128 Å². The molecule has 0 bridgehead atoms. The Morgan fingerprint density at radius 1 is 1.45 bits per heavy atom. The molecule has 2 amide bonds. The zero-order valence-electron chi connectivity index (χ0n) is 12.6. The molecule has 1 spiro atoms. The van der Waals surface area contributed by atoms with E-state index in [4.69, 9.17) is 5.73 Å². The first kappa shape index (κ1) is 14.5. The van der Waals surface area contributed by atoms with E-state index < -0.39 is 5.41 Å². The third-order valence-corrected chi connectivity index (χ3v) is 4.44. The van der Waals surface area contributed by atoms with Gasteiger partial charge in [-0.05, 0) is 19.8 Å². The summed E-state index contributed by atoms with van der Waals surface area (Å²) in [7, 11) is 0. The van der Waals surface area contributed by atoms with Crippen molar-refractivity contribution in [3.8, 4) is 0 Å². The molecule has 2 fully saturated rings. The van der Waals surface area contributed by atoms with Gasteiger partial charge in [-0.25, -0.2) is 4.98 Å². The lowest BCUT2D eigenvalue weighted by Gasteiger charge is -2.23. The Bertz CT molecular complexity index is 672. The van der Waals surface area contributed by atoms with Crippen LogP contribution in [0.1, 0.15) is 24.1 Å². The molecule has 116 valence electrons. The van der Waals surface area contributed by atoms with Gasteiger partial charge in [0.15, 0.2) is 0 Å². The van der Waals surface area contributed by atoms with Crippen LogP contribution in [0.2, 0.25) is 0 Å². The summed E-state index contributed by atoms with van der Waals surface area (Å²) in [5.41, 5.74) is 6.93. The van der Waals surface area contributed by atoms with E-state index in [1.54, 1.807) is 6.08 Å². The first-order valence-electron chi connectivity index (χ1n) is 7.28. The summed E-state index contributed by atoms with van der Waals surface area (Å²) >= 11 is 0. The molecular weight excluding hydrogens is 282 g/mol. The molecule has 0 radical (unpaired) electrons. The Morgan fingerprint density at radius 2 is 2.23 bits per heavy atom. The number of nitrogen functional groups attached to an aromatic ring is 1. The molecule has 2 aliphatic heterocycles. The molecule has 22 heavy (non-hydrogen) atoms. The van der Waals surface area contributed by atoms with Crippen molar-refractivity contribution >= 4 is 23.6 Å². The number of allylic oxidation sites excluding steroid dienone is 1. The minimum atomic E-state index is -0.629. The quantitative estimate of drug-likeness (QED) is 0.616. The summed E-state index contributed by atoms with van der Waals surface area (Å²) in [5.74, 6) is 0.586. The van der Waals surface area contributed by atoms with Crippen LogP contribution in [0.15, 0.2) is 12.7 Å². The average Bonchev–Trinajstić information content (AvgIpc) is 2.97. The molecular formula is C15H19N5O2. The second-order valence-corrected chi connectivity index (χ2v) is 5.97. The lowest BCUT2D eigenvalue weighted by Crippen LogP contribution is -2.35. The highest BCUT2D eigenvalue weighted by molar-refractivity contribution is 6.06. The van der Waals surface area contributed by atoms with E-state index in [-0.39, 0.29) is 24.2 Å². The Balaban J connectivity index is 1.95. The first-order valence-corrected chi connectivity index (χ1v) is 7.28. The van der Waals surface area contributed by atoms with Crippen LogP contribution in [0.3, 0.4) is 0 Å². The summed E-state index contributed by atoms with van der Waals surface area (Å²) in [6.45, 7) is 6.80. The predicted molar refractivity (Wildman–Crippen MR) is 82.1 cm³/mol. The first-order chi connectivity index (χ1) is 10.4. The van der Waals surface area contributed by atoms with Gasteiger partial charge in [0.05, 0.1) is 5.41 Å². The highest BCUT2D eigenvalue weighted by atomic mass is 16.2. The van der Waals surface area contributed by atoms with Crippen molar-refractivity contribution in [2.75, 3.05) is 23.7 Å². The van der Waals surface area contributed by atoms with Crippen molar-refractivity contribution in [1.82, 2.24) is 15.3 Å². The Hall–Kier alpha value is -2.44. The molecule has 7 nitrogen and oxygen atoms in total. The number of carbonyl (C=O) groups is 2. The standard InChI is InChI=1S/C15H19N5O2/c1-3-4-10-9(2)17-14(16)19-12(10)20-6-5-15(8-20)7-11(21)18-13(15)22/h3H,1,4-8H2,2H3,(H2,16,17,19)(H,18,21,22). The molecule has 3 rings (SSSR count). The highest BCUT2D eigenvalue weighted by Gasteiger charge is 2.51. The molecule has 7 heteroatoms. The zero-order chi connectivity index (χ0) is 15.9. The van der Waals surface area contributed by atoms with Crippen molar-refractivity contribution < 1.29 is 9.59 Å². The fraction of sp³-hybridized carbons (Fsp3) is 0.467. The van der Waals surface area contributed by atoms with E-state index in [2.05, 4.69) is 21.9 Å². The normalized spacial score (nSPS) is 24.1. The number of hydrogen-bond donors (Lipinski definition) is 2. The fourth-order valence-electron chi connectivity index (χ4n) is 3.32. The van der Waals surface area contributed by atoms with E-state index in [1.807, 2.05) is 11.8 Å². The van der Waals surface area contributed by atoms with Gasteiger partial charge in [-0.1, -0.05) is 6.08 Å². The van der Waals surface area contributed by atoms with E-state index in [1.165, 1.54) is 0 Å². The monoisotopic (exact) mass is 301 g/mol. The summed E-state index contributed by atoms with van der Waals surface area (Å²) < 4.78 is 0. The lowest BCUT2D eigenvalue weighted by atomic mass is 9.85. The predicted octanol–water partition coefficient (Wildman–Crippen LogP) is 0.339. The molecule has 1 atom stereocenters. The number of amides is 2. The van der Waals surface area contributed by atoms with E-state index in [0.29, 0.717) is 25.9 Å². The minimum absolute atomic E-state index is 0.177. The average molecular weight is 301 g/mol. The van der Waals surface area contributed by atoms with Gasteiger partial charge in [-0.2, -0.15) is 4.98 Å². The van der Waals surface area contributed by atoms with Gasteiger partial charge in [-0.15, -0.1) is 6.58 Å². The van der Waals surface area contributed by atoms with Crippen molar-refractivity contribution in [2.24, 2.45) is 5.41 Å². The maximum atomic E-state index is 12.1. The maximum absolute atomic E-state index is 12.1. The molecule has 3 N–H and O–H groups in total. The molecule has 1 aromatic rings. The summed E-state index contributed by atoms with van der Waals surface area (Å²) in [6.07, 6.45) is 3.32. The number of hydrogen-bond acceptors (Lipinski definition) is 6. The van der Waals surface area contributed by atoms with Crippen LogP contribution < -0.4 is 16.0 Å². The van der Waals surface area contributed by atoms with Gasteiger partial charge in [0.1, 0.15) is 5.82 Å². The minimum Gasteiger partial charge on any atom is -0.368 e. The second kappa shape index (κ2) is 5.08. The smallest absolute Gasteiger partial charge is 0.235 e. The van der Waals surface area contributed by atoms with Crippen molar-refractivity contribution in [3.63, 3.8) is 0 Å². The summed E-state index contributed by atoms with van der Waals surface area (Å²) in [5, 5.41) is 2.41. The molecule has 0 saturated carbocycles. The maximum Gasteiger partial charge on any atom is 0.235 e. The number of nitrogens with zero attached hydrogens (tertiary/aromatic N) is 3. The third kappa shape index (κ3) is 2.22. The molecule has 3 heterocycles. The zero-order valence-corrected chi connectivity index (χ0v) is 12.6. The number of nitrogens with one attached hydrogen (secondary N) is 1. The van der Waals surface area contributed by atoms with E-state index in [0.717, 1.165) is 17.1 Å². The van der Waals surface area contributed by atoms with Gasteiger partial charge in [-0.3, -0.25) is 14.9 Å². The van der Waals surface area contributed by atoms with Crippen LogP contribution in [-0.2, 0) is 16.0 Å². The SMILES string of the molecule is C=CCc1c(C)nc(N)nc1N1CCC2(CC(=O)NC2=O)C1.